The summed E-state index contributed by atoms with van der Waals surface area (Å²) in [7, 11) is 0. The molecular formula is C13H11FN4O. The molecule has 0 aliphatic carbocycles. The quantitative estimate of drug-likeness (QED) is 0.540. The number of hydrogen-bond acceptors (Lipinski definition) is 3. The SMILES string of the molecule is Cc1[nH]cnc1/C=C1\C(=O)Nc2ccc(N)c(F)c21. The van der Waals surface area contributed by atoms with Crippen molar-refractivity contribution in [2.24, 2.45) is 0 Å². The van der Waals surface area contributed by atoms with Gasteiger partial charge in [0, 0.05) is 11.3 Å². The molecule has 4 N–H and O–H groups in total. The standard InChI is InChI=1S/C13H11FN4O/c1-6-10(17-5-16-6)4-7-11-9(18-13(7)19)3-2-8(15)12(11)14/h2-5H,15H2,1H3,(H,16,17)(H,18,19)/b7-4-. The number of nitrogens with zero attached hydrogens (tertiary/aromatic N) is 1. The molecule has 0 radical (unpaired) electrons. The number of carbonyl (C=O) groups excluding carboxylic acids is 1. The van der Waals surface area contributed by atoms with Gasteiger partial charge < -0.3 is 16.0 Å². The molecule has 3 rings (SSSR count). The van der Waals surface area contributed by atoms with Gasteiger partial charge in [0.05, 0.1) is 29.0 Å². The van der Waals surface area contributed by atoms with E-state index in [0.717, 1.165) is 5.69 Å². The molecule has 1 amide bonds. The molecule has 0 bridgehead atoms. The maximum Gasteiger partial charge on any atom is 0.256 e. The summed E-state index contributed by atoms with van der Waals surface area (Å²) in [4.78, 5) is 18.9. The largest absolute Gasteiger partial charge is 0.396 e. The zero-order chi connectivity index (χ0) is 13.6. The molecular weight excluding hydrogens is 247 g/mol. The van der Waals surface area contributed by atoms with E-state index in [-0.39, 0.29) is 22.7 Å². The Balaban J connectivity index is 2.21. The van der Waals surface area contributed by atoms with Gasteiger partial charge >= 0.3 is 0 Å². The van der Waals surface area contributed by atoms with Gasteiger partial charge in [-0.2, -0.15) is 0 Å². The third kappa shape index (κ3) is 1.69. The van der Waals surface area contributed by atoms with Gasteiger partial charge in [0.2, 0.25) is 0 Å². The second kappa shape index (κ2) is 3.94. The molecule has 1 aliphatic rings. The number of carbonyl (C=O) groups is 1. The van der Waals surface area contributed by atoms with Crippen LogP contribution in [0.15, 0.2) is 18.5 Å². The number of halogens is 1. The highest BCUT2D eigenvalue weighted by molar-refractivity contribution is 6.35. The van der Waals surface area contributed by atoms with E-state index in [2.05, 4.69) is 15.3 Å². The van der Waals surface area contributed by atoms with E-state index < -0.39 is 5.82 Å². The predicted octanol–water partition coefficient (Wildman–Crippen LogP) is 1.93. The van der Waals surface area contributed by atoms with Crippen LogP contribution >= 0.6 is 0 Å². The van der Waals surface area contributed by atoms with Crippen LogP contribution in [-0.2, 0) is 4.79 Å². The summed E-state index contributed by atoms with van der Waals surface area (Å²) in [6, 6.07) is 3.01. The number of nitrogens with two attached hydrogens (primary N) is 1. The number of rotatable bonds is 1. The van der Waals surface area contributed by atoms with E-state index in [1.165, 1.54) is 12.4 Å². The van der Waals surface area contributed by atoms with Crippen molar-refractivity contribution in [3.05, 3.63) is 41.2 Å². The summed E-state index contributed by atoms with van der Waals surface area (Å²) in [6.45, 7) is 1.82. The molecule has 0 unspecified atom stereocenters. The number of anilines is 2. The van der Waals surface area contributed by atoms with Crippen LogP contribution in [0.2, 0.25) is 0 Å². The molecule has 6 heteroatoms. The van der Waals surface area contributed by atoms with Crippen molar-refractivity contribution in [2.75, 3.05) is 11.1 Å². The van der Waals surface area contributed by atoms with Gasteiger partial charge in [-0.05, 0) is 25.1 Å². The highest BCUT2D eigenvalue weighted by Crippen LogP contribution is 2.37. The molecule has 1 aromatic heterocycles. The fraction of sp³-hybridized carbons (Fsp3) is 0.0769. The zero-order valence-electron chi connectivity index (χ0n) is 10.1. The summed E-state index contributed by atoms with van der Waals surface area (Å²) >= 11 is 0. The monoisotopic (exact) mass is 258 g/mol. The minimum absolute atomic E-state index is 0.0138. The van der Waals surface area contributed by atoms with E-state index in [1.54, 1.807) is 12.1 Å². The van der Waals surface area contributed by atoms with Crippen LogP contribution in [0.3, 0.4) is 0 Å². The van der Waals surface area contributed by atoms with Gasteiger partial charge in [0.1, 0.15) is 0 Å². The number of imidazole rings is 1. The van der Waals surface area contributed by atoms with E-state index >= 15 is 0 Å². The molecule has 1 aromatic carbocycles. The second-order valence-electron chi connectivity index (χ2n) is 4.32. The fourth-order valence-corrected chi connectivity index (χ4v) is 2.05. The Kier molecular flexibility index (Phi) is 2.38. The molecule has 0 saturated heterocycles. The summed E-state index contributed by atoms with van der Waals surface area (Å²) < 4.78 is 14.1. The lowest BCUT2D eigenvalue weighted by atomic mass is 10.0. The smallest absolute Gasteiger partial charge is 0.256 e. The average Bonchev–Trinajstić information content (AvgIpc) is 2.91. The third-order valence-electron chi connectivity index (χ3n) is 3.08. The van der Waals surface area contributed by atoms with Crippen molar-refractivity contribution in [1.29, 1.82) is 0 Å². The van der Waals surface area contributed by atoms with Gasteiger partial charge in [-0.1, -0.05) is 0 Å². The van der Waals surface area contributed by atoms with Crippen molar-refractivity contribution in [1.82, 2.24) is 9.97 Å². The highest BCUT2D eigenvalue weighted by Gasteiger charge is 2.28. The normalized spacial score (nSPS) is 15.7. The average molecular weight is 258 g/mol. The van der Waals surface area contributed by atoms with E-state index in [4.69, 9.17) is 5.73 Å². The molecule has 96 valence electrons. The van der Waals surface area contributed by atoms with Crippen molar-refractivity contribution < 1.29 is 9.18 Å². The number of amides is 1. The van der Waals surface area contributed by atoms with Crippen LogP contribution in [0.1, 0.15) is 17.0 Å². The van der Waals surface area contributed by atoms with Gasteiger partial charge in [0.25, 0.3) is 5.91 Å². The number of fused-ring (bicyclic) bond motifs is 1. The maximum absolute atomic E-state index is 14.1. The first-order valence-electron chi connectivity index (χ1n) is 5.69. The molecule has 5 nitrogen and oxygen atoms in total. The van der Waals surface area contributed by atoms with Gasteiger partial charge in [-0.3, -0.25) is 4.79 Å². The molecule has 0 saturated carbocycles. The van der Waals surface area contributed by atoms with Crippen LogP contribution in [0.5, 0.6) is 0 Å². The molecule has 0 atom stereocenters. The molecule has 0 fully saturated rings. The summed E-state index contributed by atoms with van der Waals surface area (Å²) in [5, 5.41) is 2.61. The predicted molar refractivity (Wildman–Crippen MR) is 70.6 cm³/mol. The van der Waals surface area contributed by atoms with Crippen molar-refractivity contribution >= 4 is 28.9 Å². The number of benzene rings is 1. The zero-order valence-corrected chi connectivity index (χ0v) is 10.1. The molecule has 1 aliphatic heterocycles. The van der Waals surface area contributed by atoms with Crippen LogP contribution in [0.25, 0.3) is 11.6 Å². The minimum atomic E-state index is -0.588. The van der Waals surface area contributed by atoms with Crippen LogP contribution in [0.4, 0.5) is 15.8 Å². The molecule has 2 heterocycles. The lowest BCUT2D eigenvalue weighted by Gasteiger charge is -2.03. The minimum Gasteiger partial charge on any atom is -0.396 e. The summed E-state index contributed by atoms with van der Waals surface area (Å²) in [5.41, 5.74) is 7.82. The van der Waals surface area contributed by atoms with E-state index in [1.807, 2.05) is 6.92 Å². The van der Waals surface area contributed by atoms with Gasteiger partial charge in [-0.25, -0.2) is 9.37 Å². The van der Waals surface area contributed by atoms with Crippen molar-refractivity contribution in [3.8, 4) is 0 Å². The van der Waals surface area contributed by atoms with E-state index in [0.29, 0.717) is 11.4 Å². The van der Waals surface area contributed by atoms with Crippen LogP contribution in [-0.4, -0.2) is 15.9 Å². The van der Waals surface area contributed by atoms with Crippen molar-refractivity contribution in [3.63, 3.8) is 0 Å². The summed E-state index contributed by atoms with van der Waals surface area (Å²) in [5.74, 6) is -0.947. The van der Waals surface area contributed by atoms with Gasteiger partial charge in [-0.15, -0.1) is 0 Å². The number of nitrogen functional groups attached to an aromatic ring is 1. The Labute approximate surface area is 108 Å². The highest BCUT2D eigenvalue weighted by atomic mass is 19.1. The number of hydrogen-bond donors (Lipinski definition) is 3. The first-order chi connectivity index (χ1) is 9.08. The first-order valence-corrected chi connectivity index (χ1v) is 5.69. The third-order valence-corrected chi connectivity index (χ3v) is 3.08. The number of H-pyrrole nitrogens is 1. The molecule has 0 spiro atoms. The van der Waals surface area contributed by atoms with Gasteiger partial charge in [0.15, 0.2) is 5.82 Å². The Morgan fingerprint density at radius 3 is 2.89 bits per heavy atom. The maximum atomic E-state index is 14.1. The molecule has 19 heavy (non-hydrogen) atoms. The fourth-order valence-electron chi connectivity index (χ4n) is 2.05. The Hall–Kier alpha value is -2.63. The second-order valence-corrected chi connectivity index (χ2v) is 4.32. The number of aromatic amines is 1. The van der Waals surface area contributed by atoms with Crippen LogP contribution in [0, 0.1) is 12.7 Å². The molecule has 2 aromatic rings. The van der Waals surface area contributed by atoms with Crippen LogP contribution < -0.4 is 11.1 Å². The van der Waals surface area contributed by atoms with Crippen molar-refractivity contribution in [2.45, 2.75) is 6.92 Å². The Morgan fingerprint density at radius 2 is 2.21 bits per heavy atom. The van der Waals surface area contributed by atoms with E-state index in [9.17, 15) is 9.18 Å². The number of aromatic nitrogens is 2. The Morgan fingerprint density at radius 1 is 1.42 bits per heavy atom. The topological polar surface area (TPSA) is 83.8 Å². The Bertz CT molecular complexity index is 717. The first kappa shape index (κ1) is 11.5. The lowest BCUT2D eigenvalue weighted by Crippen LogP contribution is -2.03. The number of nitrogens with one attached hydrogen (secondary N) is 2. The lowest BCUT2D eigenvalue weighted by molar-refractivity contribution is -0.110. The summed E-state index contributed by atoms with van der Waals surface area (Å²) in [6.07, 6.45) is 3.07. The number of aryl methyl sites for hydroxylation is 1.